The standard InChI is InChI=1S/C13H19N5S2/c1-14-12(16-8-11-5-4-6-19-11)15-7-10-9-20-13(17-10)18(2)3/h4-6,9H,7-8H2,1-3H3,(H2,14,15,16). The van der Waals surface area contributed by atoms with E-state index in [1.54, 1.807) is 29.7 Å². The highest BCUT2D eigenvalue weighted by Crippen LogP contribution is 2.17. The van der Waals surface area contributed by atoms with Crippen LogP contribution in [0.2, 0.25) is 0 Å². The van der Waals surface area contributed by atoms with E-state index in [1.807, 2.05) is 19.0 Å². The van der Waals surface area contributed by atoms with Crippen LogP contribution in [0.3, 0.4) is 0 Å². The van der Waals surface area contributed by atoms with Crippen LogP contribution in [-0.4, -0.2) is 32.1 Å². The van der Waals surface area contributed by atoms with Gasteiger partial charge in [0, 0.05) is 31.4 Å². The maximum Gasteiger partial charge on any atom is 0.191 e. The summed E-state index contributed by atoms with van der Waals surface area (Å²) in [6.07, 6.45) is 0. The average Bonchev–Trinajstić information content (AvgIpc) is 3.10. The zero-order chi connectivity index (χ0) is 14.4. The van der Waals surface area contributed by atoms with Crippen LogP contribution >= 0.6 is 22.7 Å². The molecule has 0 aliphatic carbocycles. The summed E-state index contributed by atoms with van der Waals surface area (Å²) in [5.74, 6) is 0.790. The van der Waals surface area contributed by atoms with Crippen molar-refractivity contribution >= 4 is 33.8 Å². The van der Waals surface area contributed by atoms with Crippen molar-refractivity contribution in [2.75, 3.05) is 26.0 Å². The highest BCUT2D eigenvalue weighted by Gasteiger charge is 2.04. The summed E-state index contributed by atoms with van der Waals surface area (Å²) in [6.45, 7) is 1.46. The van der Waals surface area contributed by atoms with Crippen LogP contribution < -0.4 is 15.5 Å². The third-order valence-corrected chi connectivity index (χ3v) is 4.53. The quantitative estimate of drug-likeness (QED) is 0.656. The molecule has 0 saturated heterocycles. The van der Waals surface area contributed by atoms with Gasteiger partial charge in [-0.05, 0) is 11.4 Å². The van der Waals surface area contributed by atoms with E-state index >= 15 is 0 Å². The van der Waals surface area contributed by atoms with Gasteiger partial charge in [0.2, 0.25) is 0 Å². The molecule has 2 N–H and O–H groups in total. The van der Waals surface area contributed by atoms with Crippen molar-refractivity contribution in [3.05, 3.63) is 33.5 Å². The first kappa shape index (κ1) is 14.8. The van der Waals surface area contributed by atoms with Crippen LogP contribution in [0.5, 0.6) is 0 Å². The number of thiophene rings is 1. The van der Waals surface area contributed by atoms with E-state index in [0.29, 0.717) is 6.54 Å². The fraction of sp³-hybridized carbons (Fsp3) is 0.385. The van der Waals surface area contributed by atoms with E-state index < -0.39 is 0 Å². The van der Waals surface area contributed by atoms with E-state index in [-0.39, 0.29) is 0 Å². The van der Waals surface area contributed by atoms with Crippen LogP contribution in [0.25, 0.3) is 0 Å². The van der Waals surface area contributed by atoms with Gasteiger partial charge < -0.3 is 15.5 Å². The number of nitrogens with zero attached hydrogens (tertiary/aromatic N) is 3. The van der Waals surface area contributed by atoms with Crippen molar-refractivity contribution in [2.45, 2.75) is 13.1 Å². The molecule has 0 radical (unpaired) electrons. The molecule has 0 aromatic carbocycles. The highest BCUT2D eigenvalue weighted by atomic mass is 32.1. The van der Waals surface area contributed by atoms with Gasteiger partial charge in [0.05, 0.1) is 18.8 Å². The summed E-state index contributed by atoms with van der Waals surface area (Å²) in [4.78, 5) is 12.0. The summed E-state index contributed by atoms with van der Waals surface area (Å²) in [7, 11) is 5.77. The molecule has 2 aromatic rings. The Kier molecular flexibility index (Phi) is 5.37. The molecule has 2 heterocycles. The zero-order valence-electron chi connectivity index (χ0n) is 11.9. The molecule has 0 fully saturated rings. The molecule has 0 spiro atoms. The number of hydrogen-bond donors (Lipinski definition) is 2. The van der Waals surface area contributed by atoms with Crippen LogP contribution in [0.1, 0.15) is 10.6 Å². The second kappa shape index (κ2) is 7.25. The van der Waals surface area contributed by atoms with Crippen molar-refractivity contribution < 1.29 is 0 Å². The number of thiazole rings is 1. The van der Waals surface area contributed by atoms with Gasteiger partial charge in [0.15, 0.2) is 11.1 Å². The lowest BCUT2D eigenvalue weighted by atomic mass is 10.4. The summed E-state index contributed by atoms with van der Waals surface area (Å²) in [6, 6.07) is 4.16. The first-order chi connectivity index (χ1) is 9.69. The second-order valence-electron chi connectivity index (χ2n) is 4.37. The van der Waals surface area contributed by atoms with E-state index in [9.17, 15) is 0 Å². The van der Waals surface area contributed by atoms with Crippen LogP contribution in [-0.2, 0) is 13.1 Å². The fourth-order valence-corrected chi connectivity index (χ4v) is 2.96. The molecular formula is C13H19N5S2. The Hall–Kier alpha value is -1.60. The number of aromatic nitrogens is 1. The zero-order valence-corrected chi connectivity index (χ0v) is 13.5. The van der Waals surface area contributed by atoms with E-state index in [2.05, 4.69) is 43.5 Å². The number of anilines is 1. The largest absolute Gasteiger partial charge is 0.354 e. The summed E-state index contributed by atoms with van der Waals surface area (Å²) in [5.41, 5.74) is 1.03. The Morgan fingerprint density at radius 2 is 2.10 bits per heavy atom. The molecule has 0 bridgehead atoms. The summed E-state index contributed by atoms with van der Waals surface area (Å²) < 4.78 is 0. The van der Waals surface area contributed by atoms with Crippen molar-refractivity contribution in [1.29, 1.82) is 0 Å². The monoisotopic (exact) mass is 309 g/mol. The first-order valence-electron chi connectivity index (χ1n) is 6.27. The molecule has 0 saturated carbocycles. The van der Waals surface area contributed by atoms with Gasteiger partial charge in [0.25, 0.3) is 0 Å². The topological polar surface area (TPSA) is 52.6 Å². The van der Waals surface area contributed by atoms with Crippen molar-refractivity contribution in [2.24, 2.45) is 4.99 Å². The van der Waals surface area contributed by atoms with Crippen molar-refractivity contribution in [1.82, 2.24) is 15.6 Å². The van der Waals surface area contributed by atoms with Crippen LogP contribution in [0.4, 0.5) is 5.13 Å². The Morgan fingerprint density at radius 3 is 2.70 bits per heavy atom. The minimum absolute atomic E-state index is 0.675. The minimum Gasteiger partial charge on any atom is -0.354 e. The van der Waals surface area contributed by atoms with Crippen LogP contribution in [0, 0.1) is 0 Å². The Morgan fingerprint density at radius 1 is 1.30 bits per heavy atom. The molecule has 108 valence electrons. The van der Waals surface area contributed by atoms with Gasteiger partial charge in [-0.3, -0.25) is 4.99 Å². The van der Waals surface area contributed by atoms with Crippen LogP contribution in [0.15, 0.2) is 27.9 Å². The molecule has 20 heavy (non-hydrogen) atoms. The van der Waals surface area contributed by atoms with Gasteiger partial charge >= 0.3 is 0 Å². The molecule has 0 amide bonds. The third kappa shape index (κ3) is 4.21. The van der Waals surface area contributed by atoms with E-state index in [1.165, 1.54) is 4.88 Å². The van der Waals surface area contributed by atoms with Crippen molar-refractivity contribution in [3.8, 4) is 0 Å². The van der Waals surface area contributed by atoms with Gasteiger partial charge in [-0.15, -0.1) is 22.7 Å². The lowest BCUT2D eigenvalue weighted by Crippen LogP contribution is -2.36. The average molecular weight is 309 g/mol. The molecule has 2 aromatic heterocycles. The Balaban J connectivity index is 1.81. The number of rotatable bonds is 5. The number of guanidine groups is 1. The normalized spacial score (nSPS) is 11.4. The molecular weight excluding hydrogens is 290 g/mol. The molecule has 0 atom stereocenters. The molecule has 7 heteroatoms. The summed E-state index contributed by atoms with van der Waals surface area (Å²) in [5, 5.41) is 11.7. The Labute approximate surface area is 127 Å². The van der Waals surface area contributed by atoms with Gasteiger partial charge in [-0.2, -0.15) is 0 Å². The SMILES string of the molecule is CN=C(NCc1csc(N(C)C)n1)NCc1cccs1. The fourth-order valence-electron chi connectivity index (χ4n) is 1.56. The second-order valence-corrected chi connectivity index (χ2v) is 6.24. The molecule has 0 aliphatic rings. The number of hydrogen-bond acceptors (Lipinski definition) is 5. The molecule has 5 nitrogen and oxygen atoms in total. The number of aliphatic imine (C=N–C) groups is 1. The van der Waals surface area contributed by atoms with Gasteiger partial charge in [-0.1, -0.05) is 6.07 Å². The predicted octanol–water partition coefficient (Wildman–Crippen LogP) is 2.14. The third-order valence-electron chi connectivity index (χ3n) is 2.59. The minimum atomic E-state index is 0.675. The van der Waals surface area contributed by atoms with Gasteiger partial charge in [0.1, 0.15) is 0 Å². The number of nitrogens with one attached hydrogen (secondary N) is 2. The first-order valence-corrected chi connectivity index (χ1v) is 8.03. The molecule has 0 aliphatic heterocycles. The highest BCUT2D eigenvalue weighted by molar-refractivity contribution is 7.13. The van der Waals surface area contributed by atoms with Crippen molar-refractivity contribution in [3.63, 3.8) is 0 Å². The molecule has 2 rings (SSSR count). The lowest BCUT2D eigenvalue weighted by molar-refractivity contribution is 0.802. The lowest BCUT2D eigenvalue weighted by Gasteiger charge is -2.10. The Bertz CT molecular complexity index is 545. The summed E-state index contributed by atoms with van der Waals surface area (Å²) >= 11 is 3.38. The predicted molar refractivity (Wildman–Crippen MR) is 87.8 cm³/mol. The smallest absolute Gasteiger partial charge is 0.191 e. The maximum absolute atomic E-state index is 4.53. The maximum atomic E-state index is 4.53. The van der Waals surface area contributed by atoms with Gasteiger partial charge in [-0.25, -0.2) is 4.98 Å². The van der Waals surface area contributed by atoms with E-state index in [0.717, 1.165) is 23.3 Å². The van der Waals surface area contributed by atoms with E-state index in [4.69, 9.17) is 0 Å². The molecule has 0 unspecified atom stereocenters.